The maximum Gasteiger partial charge on any atom is 0.0474 e. The molecule has 0 aliphatic heterocycles. The van der Waals surface area contributed by atoms with E-state index in [1.165, 1.54) is 11.1 Å². The third-order valence-corrected chi connectivity index (χ3v) is 4.02. The highest BCUT2D eigenvalue weighted by Crippen LogP contribution is 2.28. The Morgan fingerprint density at radius 1 is 1.10 bits per heavy atom. The van der Waals surface area contributed by atoms with Gasteiger partial charge in [-0.2, -0.15) is 0 Å². The number of aromatic nitrogens is 1. The summed E-state index contributed by atoms with van der Waals surface area (Å²) in [6, 6.07) is 12.4. The van der Waals surface area contributed by atoms with E-state index in [1.54, 1.807) is 12.4 Å². The minimum Gasteiger partial charge on any atom is -0.329 e. The number of nitrogens with two attached hydrogens (primary N) is 1. The molecule has 2 rings (SSSR count). The van der Waals surface area contributed by atoms with Gasteiger partial charge in [0.15, 0.2) is 0 Å². The van der Waals surface area contributed by atoms with Gasteiger partial charge in [-0.25, -0.2) is 0 Å². The van der Waals surface area contributed by atoms with Gasteiger partial charge in [-0.05, 0) is 49.4 Å². The van der Waals surface area contributed by atoms with E-state index in [0.717, 1.165) is 5.02 Å². The molecule has 1 aromatic heterocycles. The van der Waals surface area contributed by atoms with E-state index >= 15 is 0 Å². The number of likely N-dealkylation sites (N-methyl/N-ethyl adjacent to an activating group) is 1. The first-order chi connectivity index (χ1) is 9.63. The van der Waals surface area contributed by atoms with Crippen molar-refractivity contribution in [2.45, 2.75) is 19.0 Å². The molecular weight excluding hydrogens is 270 g/mol. The maximum atomic E-state index is 5.96. The minimum atomic E-state index is 0.170. The van der Waals surface area contributed by atoms with Crippen LogP contribution in [0.5, 0.6) is 0 Å². The zero-order valence-electron chi connectivity index (χ0n) is 11.8. The summed E-state index contributed by atoms with van der Waals surface area (Å²) in [6.07, 6.45) is 3.61. The van der Waals surface area contributed by atoms with E-state index in [9.17, 15) is 0 Å². The van der Waals surface area contributed by atoms with Gasteiger partial charge in [-0.15, -0.1) is 0 Å². The molecule has 0 spiro atoms. The van der Waals surface area contributed by atoms with Crippen LogP contribution in [0.2, 0.25) is 5.02 Å². The number of halogens is 1. The van der Waals surface area contributed by atoms with Gasteiger partial charge in [0.05, 0.1) is 0 Å². The van der Waals surface area contributed by atoms with Crippen LogP contribution in [-0.2, 0) is 0 Å². The molecule has 2 unspecified atom stereocenters. The molecule has 4 heteroatoms. The highest BCUT2D eigenvalue weighted by Gasteiger charge is 2.21. The standard InChI is InChI=1S/C16H20ClN3/c1-12(13-3-5-15(17)6-4-13)20(2)16(11-18)14-7-9-19-10-8-14/h3-10,12,16H,11,18H2,1-2H3. The Labute approximate surface area is 125 Å². The van der Waals surface area contributed by atoms with Gasteiger partial charge < -0.3 is 5.73 Å². The highest BCUT2D eigenvalue weighted by molar-refractivity contribution is 6.30. The molecule has 2 N–H and O–H groups in total. The normalized spacial score (nSPS) is 14.2. The summed E-state index contributed by atoms with van der Waals surface area (Å²) in [4.78, 5) is 6.34. The highest BCUT2D eigenvalue weighted by atomic mass is 35.5. The fourth-order valence-corrected chi connectivity index (χ4v) is 2.50. The summed E-state index contributed by atoms with van der Waals surface area (Å²) in [5.41, 5.74) is 8.37. The van der Waals surface area contributed by atoms with Crippen molar-refractivity contribution in [3.8, 4) is 0 Å². The van der Waals surface area contributed by atoms with Crippen LogP contribution in [0.1, 0.15) is 30.1 Å². The predicted molar refractivity (Wildman–Crippen MR) is 83.7 cm³/mol. The van der Waals surface area contributed by atoms with Crippen LogP contribution in [0.15, 0.2) is 48.8 Å². The second-order valence-electron chi connectivity index (χ2n) is 4.93. The molecule has 0 aliphatic rings. The molecule has 1 aromatic carbocycles. The lowest BCUT2D eigenvalue weighted by molar-refractivity contribution is 0.190. The summed E-state index contributed by atoms with van der Waals surface area (Å²) in [5.74, 6) is 0. The van der Waals surface area contributed by atoms with Crippen LogP contribution < -0.4 is 5.73 Å². The van der Waals surface area contributed by atoms with Crippen molar-refractivity contribution in [2.24, 2.45) is 5.73 Å². The fraction of sp³-hybridized carbons (Fsp3) is 0.312. The van der Waals surface area contributed by atoms with E-state index in [0.29, 0.717) is 6.54 Å². The molecule has 3 nitrogen and oxygen atoms in total. The quantitative estimate of drug-likeness (QED) is 0.917. The Morgan fingerprint density at radius 2 is 1.70 bits per heavy atom. The summed E-state index contributed by atoms with van der Waals surface area (Å²) in [6.45, 7) is 2.74. The molecule has 0 fully saturated rings. The largest absolute Gasteiger partial charge is 0.329 e. The smallest absolute Gasteiger partial charge is 0.0474 e. The van der Waals surface area contributed by atoms with Crippen LogP contribution in [0, 0.1) is 0 Å². The van der Waals surface area contributed by atoms with Crippen LogP contribution in [0.3, 0.4) is 0 Å². The zero-order valence-corrected chi connectivity index (χ0v) is 12.6. The second kappa shape index (κ2) is 6.84. The van der Waals surface area contributed by atoms with Gasteiger partial charge in [0.2, 0.25) is 0 Å². The predicted octanol–water partition coefficient (Wildman–Crippen LogP) is 3.43. The molecule has 0 bridgehead atoms. The third kappa shape index (κ3) is 3.37. The monoisotopic (exact) mass is 289 g/mol. The van der Waals surface area contributed by atoms with Crippen molar-refractivity contribution in [3.63, 3.8) is 0 Å². The van der Waals surface area contributed by atoms with Gasteiger partial charge in [-0.1, -0.05) is 23.7 Å². The van der Waals surface area contributed by atoms with E-state index in [2.05, 4.69) is 36.0 Å². The first-order valence-corrected chi connectivity index (χ1v) is 7.08. The molecule has 0 radical (unpaired) electrons. The third-order valence-electron chi connectivity index (χ3n) is 3.77. The number of nitrogens with zero attached hydrogens (tertiary/aromatic N) is 2. The molecule has 106 valence electrons. The number of rotatable bonds is 5. The van der Waals surface area contributed by atoms with Gasteiger partial charge in [0, 0.05) is 36.0 Å². The van der Waals surface area contributed by atoms with Gasteiger partial charge in [0.25, 0.3) is 0 Å². The molecule has 1 heterocycles. The SMILES string of the molecule is CC(c1ccc(Cl)cc1)N(C)C(CN)c1ccncc1. The fourth-order valence-electron chi connectivity index (χ4n) is 2.37. The van der Waals surface area contributed by atoms with Gasteiger partial charge >= 0.3 is 0 Å². The Kier molecular flexibility index (Phi) is 5.12. The number of benzene rings is 1. The topological polar surface area (TPSA) is 42.1 Å². The van der Waals surface area contributed by atoms with Crippen LogP contribution in [0.25, 0.3) is 0 Å². The molecule has 0 aliphatic carbocycles. The van der Waals surface area contributed by atoms with E-state index < -0.39 is 0 Å². The van der Waals surface area contributed by atoms with Gasteiger partial charge in [0.1, 0.15) is 0 Å². The number of hydrogen-bond acceptors (Lipinski definition) is 3. The second-order valence-corrected chi connectivity index (χ2v) is 5.36. The average molecular weight is 290 g/mol. The summed E-state index contributed by atoms with van der Waals surface area (Å²) in [5, 5.41) is 0.758. The molecule has 0 amide bonds. The lowest BCUT2D eigenvalue weighted by atomic mass is 10.0. The van der Waals surface area contributed by atoms with Crippen molar-refractivity contribution in [2.75, 3.05) is 13.6 Å². The molecule has 0 saturated heterocycles. The maximum absolute atomic E-state index is 5.96. The molecule has 2 aromatic rings. The first-order valence-electron chi connectivity index (χ1n) is 6.71. The van der Waals surface area contributed by atoms with Crippen LogP contribution in [-0.4, -0.2) is 23.5 Å². The number of hydrogen-bond donors (Lipinski definition) is 1. The molecular formula is C16H20ClN3. The summed E-state index contributed by atoms with van der Waals surface area (Å²) >= 11 is 5.94. The lowest BCUT2D eigenvalue weighted by Gasteiger charge is -2.33. The van der Waals surface area contributed by atoms with Crippen molar-refractivity contribution < 1.29 is 0 Å². The van der Waals surface area contributed by atoms with Crippen molar-refractivity contribution in [1.82, 2.24) is 9.88 Å². The minimum absolute atomic E-state index is 0.170. The zero-order chi connectivity index (χ0) is 14.5. The first kappa shape index (κ1) is 15.0. The lowest BCUT2D eigenvalue weighted by Crippen LogP contribution is -2.32. The Hall–Kier alpha value is -1.42. The van der Waals surface area contributed by atoms with E-state index in [1.807, 2.05) is 24.3 Å². The molecule has 0 saturated carbocycles. The Balaban J connectivity index is 2.20. The average Bonchev–Trinajstić information content (AvgIpc) is 2.49. The van der Waals surface area contributed by atoms with E-state index in [4.69, 9.17) is 17.3 Å². The van der Waals surface area contributed by atoms with Crippen molar-refractivity contribution >= 4 is 11.6 Å². The summed E-state index contributed by atoms with van der Waals surface area (Å²) in [7, 11) is 2.09. The van der Waals surface area contributed by atoms with Crippen molar-refractivity contribution in [3.05, 3.63) is 64.9 Å². The number of pyridine rings is 1. The van der Waals surface area contributed by atoms with Crippen LogP contribution in [0.4, 0.5) is 0 Å². The van der Waals surface area contributed by atoms with E-state index in [-0.39, 0.29) is 12.1 Å². The molecule has 2 atom stereocenters. The Bertz CT molecular complexity index is 527. The Morgan fingerprint density at radius 3 is 2.25 bits per heavy atom. The van der Waals surface area contributed by atoms with Gasteiger partial charge in [-0.3, -0.25) is 9.88 Å². The molecule has 20 heavy (non-hydrogen) atoms. The summed E-state index contributed by atoms with van der Waals surface area (Å²) < 4.78 is 0. The van der Waals surface area contributed by atoms with Crippen molar-refractivity contribution in [1.29, 1.82) is 0 Å². The van der Waals surface area contributed by atoms with Crippen LogP contribution >= 0.6 is 11.6 Å².